The molecule has 0 bridgehead atoms. The van der Waals surface area contributed by atoms with Crippen molar-refractivity contribution < 1.29 is 4.79 Å². The number of nitrogens with zero attached hydrogens (tertiary/aromatic N) is 1. The molecule has 2 rings (SSSR count). The van der Waals surface area contributed by atoms with Crippen LogP contribution in [0.4, 0.5) is 5.69 Å². The number of hydrogen-bond donors (Lipinski definition) is 2. The topological polar surface area (TPSA) is 54.0 Å². The highest BCUT2D eigenvalue weighted by molar-refractivity contribution is 8.00. The summed E-state index contributed by atoms with van der Waals surface area (Å²) in [6.45, 7) is 4.49. The Bertz CT molecular complexity index is 595. The van der Waals surface area contributed by atoms with Crippen molar-refractivity contribution in [1.29, 1.82) is 0 Å². The van der Waals surface area contributed by atoms with E-state index in [9.17, 15) is 4.79 Å². The maximum Gasteiger partial charge on any atom is 0.238 e. The van der Waals surface area contributed by atoms with E-state index in [0.29, 0.717) is 6.54 Å². The van der Waals surface area contributed by atoms with Gasteiger partial charge in [0.2, 0.25) is 5.91 Å². The molecule has 1 aromatic carbocycles. The SMILES string of the molecule is C=CCNCC(=O)Nc1ccc2nc(SC)sc2c1. The first-order valence-corrected chi connectivity index (χ1v) is 7.83. The average Bonchev–Trinajstić information content (AvgIpc) is 2.81. The maximum absolute atomic E-state index is 11.7. The van der Waals surface area contributed by atoms with Gasteiger partial charge in [-0.1, -0.05) is 17.8 Å². The van der Waals surface area contributed by atoms with Crippen LogP contribution >= 0.6 is 23.1 Å². The molecular formula is C13H15N3OS2. The minimum Gasteiger partial charge on any atom is -0.325 e. The summed E-state index contributed by atoms with van der Waals surface area (Å²) in [7, 11) is 0. The minimum atomic E-state index is -0.0594. The zero-order valence-corrected chi connectivity index (χ0v) is 12.2. The molecule has 0 aliphatic heterocycles. The van der Waals surface area contributed by atoms with Crippen molar-refractivity contribution in [2.45, 2.75) is 4.34 Å². The van der Waals surface area contributed by atoms with Crippen molar-refractivity contribution in [3.8, 4) is 0 Å². The predicted octanol–water partition coefficient (Wildman–Crippen LogP) is 2.73. The molecule has 0 aliphatic rings. The van der Waals surface area contributed by atoms with E-state index in [1.807, 2.05) is 24.5 Å². The van der Waals surface area contributed by atoms with Gasteiger partial charge >= 0.3 is 0 Å². The molecule has 0 unspecified atom stereocenters. The number of aromatic nitrogens is 1. The molecule has 0 spiro atoms. The molecule has 2 aromatic rings. The quantitative estimate of drug-likeness (QED) is 0.488. The molecule has 0 saturated carbocycles. The zero-order chi connectivity index (χ0) is 13.7. The van der Waals surface area contributed by atoms with Gasteiger partial charge in [0.15, 0.2) is 4.34 Å². The number of amides is 1. The highest BCUT2D eigenvalue weighted by Gasteiger charge is 2.06. The van der Waals surface area contributed by atoms with E-state index < -0.39 is 0 Å². The van der Waals surface area contributed by atoms with Crippen molar-refractivity contribution >= 4 is 44.9 Å². The first-order valence-electron chi connectivity index (χ1n) is 5.79. The summed E-state index contributed by atoms with van der Waals surface area (Å²) >= 11 is 3.26. The third kappa shape index (κ3) is 3.79. The molecular weight excluding hydrogens is 278 g/mol. The molecule has 0 atom stereocenters. The number of carbonyl (C=O) groups is 1. The fourth-order valence-corrected chi connectivity index (χ4v) is 3.09. The zero-order valence-electron chi connectivity index (χ0n) is 10.6. The second kappa shape index (κ2) is 6.70. The fraction of sp³-hybridized carbons (Fsp3) is 0.231. The standard InChI is InChI=1S/C13H15N3OS2/c1-3-6-14-8-12(17)15-9-4-5-10-11(7-9)19-13(16-10)18-2/h3-5,7,14H,1,6,8H2,2H3,(H,15,17). The highest BCUT2D eigenvalue weighted by Crippen LogP contribution is 2.29. The number of benzene rings is 1. The Morgan fingerprint density at radius 1 is 1.58 bits per heavy atom. The molecule has 2 N–H and O–H groups in total. The van der Waals surface area contributed by atoms with Gasteiger partial charge in [-0.2, -0.15) is 0 Å². The molecule has 4 nitrogen and oxygen atoms in total. The van der Waals surface area contributed by atoms with Crippen LogP contribution in [0.2, 0.25) is 0 Å². The number of nitrogens with one attached hydrogen (secondary N) is 2. The average molecular weight is 293 g/mol. The number of anilines is 1. The number of carbonyl (C=O) groups excluding carboxylic acids is 1. The molecule has 0 fully saturated rings. The molecule has 0 saturated heterocycles. The van der Waals surface area contributed by atoms with Crippen LogP contribution in [0.15, 0.2) is 35.2 Å². The fourth-order valence-electron chi connectivity index (χ4n) is 1.56. The highest BCUT2D eigenvalue weighted by atomic mass is 32.2. The Balaban J connectivity index is 2.04. The first-order chi connectivity index (χ1) is 9.22. The molecule has 0 aliphatic carbocycles. The minimum absolute atomic E-state index is 0.0594. The third-order valence-electron chi connectivity index (χ3n) is 2.40. The van der Waals surface area contributed by atoms with Crippen molar-refractivity contribution in [3.05, 3.63) is 30.9 Å². The summed E-state index contributed by atoms with van der Waals surface area (Å²) in [4.78, 5) is 16.1. The second-order valence-corrected chi connectivity index (χ2v) is 5.92. The number of thioether (sulfide) groups is 1. The molecule has 19 heavy (non-hydrogen) atoms. The van der Waals surface area contributed by atoms with Crippen LogP contribution in [0.5, 0.6) is 0 Å². The van der Waals surface area contributed by atoms with Crippen molar-refractivity contribution in [2.75, 3.05) is 24.7 Å². The summed E-state index contributed by atoms with van der Waals surface area (Å²) in [5, 5.41) is 5.82. The van der Waals surface area contributed by atoms with Gasteiger partial charge in [0.05, 0.1) is 16.8 Å². The largest absolute Gasteiger partial charge is 0.325 e. The van der Waals surface area contributed by atoms with Crippen LogP contribution in [-0.2, 0) is 4.79 Å². The number of thiazole rings is 1. The van der Waals surface area contributed by atoms with Crippen molar-refractivity contribution in [3.63, 3.8) is 0 Å². The third-order valence-corrected chi connectivity index (χ3v) is 4.40. The Labute approximate surface area is 120 Å². The summed E-state index contributed by atoms with van der Waals surface area (Å²) < 4.78 is 2.12. The van der Waals surface area contributed by atoms with Crippen LogP contribution in [0.1, 0.15) is 0 Å². The lowest BCUT2D eigenvalue weighted by atomic mass is 10.3. The normalized spacial score (nSPS) is 10.6. The Morgan fingerprint density at radius 3 is 3.16 bits per heavy atom. The maximum atomic E-state index is 11.7. The molecule has 0 radical (unpaired) electrons. The lowest BCUT2D eigenvalue weighted by molar-refractivity contribution is -0.115. The van der Waals surface area contributed by atoms with Gasteiger partial charge in [-0.05, 0) is 24.5 Å². The van der Waals surface area contributed by atoms with Gasteiger partial charge in [0, 0.05) is 12.2 Å². The Morgan fingerprint density at radius 2 is 2.42 bits per heavy atom. The Kier molecular flexibility index (Phi) is 4.95. The van der Waals surface area contributed by atoms with Gasteiger partial charge in [-0.25, -0.2) is 4.98 Å². The summed E-state index contributed by atoms with van der Waals surface area (Å²) in [6.07, 6.45) is 3.73. The van der Waals surface area contributed by atoms with Crippen LogP contribution in [0, 0.1) is 0 Å². The van der Waals surface area contributed by atoms with E-state index in [-0.39, 0.29) is 12.5 Å². The van der Waals surface area contributed by atoms with Crippen LogP contribution in [0.3, 0.4) is 0 Å². The van der Waals surface area contributed by atoms with E-state index in [2.05, 4.69) is 22.2 Å². The smallest absolute Gasteiger partial charge is 0.238 e. The molecule has 100 valence electrons. The second-order valence-electron chi connectivity index (χ2n) is 3.83. The van der Waals surface area contributed by atoms with E-state index in [0.717, 1.165) is 20.2 Å². The van der Waals surface area contributed by atoms with Gasteiger partial charge in [0.1, 0.15) is 0 Å². The van der Waals surface area contributed by atoms with E-state index in [1.165, 1.54) is 0 Å². The molecule has 1 heterocycles. The van der Waals surface area contributed by atoms with Gasteiger partial charge in [0.25, 0.3) is 0 Å². The van der Waals surface area contributed by atoms with E-state index >= 15 is 0 Å². The predicted molar refractivity (Wildman–Crippen MR) is 83.1 cm³/mol. The first kappa shape index (κ1) is 14.0. The molecule has 1 aromatic heterocycles. The summed E-state index contributed by atoms with van der Waals surface area (Å²) in [6, 6.07) is 5.76. The van der Waals surface area contributed by atoms with Crippen molar-refractivity contribution in [1.82, 2.24) is 10.3 Å². The van der Waals surface area contributed by atoms with Crippen LogP contribution < -0.4 is 10.6 Å². The number of hydrogen-bond acceptors (Lipinski definition) is 5. The monoisotopic (exact) mass is 293 g/mol. The van der Waals surface area contributed by atoms with E-state index in [1.54, 1.807) is 29.2 Å². The lowest BCUT2D eigenvalue weighted by Crippen LogP contribution is -2.27. The van der Waals surface area contributed by atoms with Gasteiger partial charge in [-0.3, -0.25) is 4.79 Å². The Hall–Kier alpha value is -1.37. The summed E-state index contributed by atoms with van der Waals surface area (Å²) in [5.74, 6) is -0.0594. The van der Waals surface area contributed by atoms with Gasteiger partial charge in [-0.15, -0.1) is 17.9 Å². The van der Waals surface area contributed by atoms with Crippen LogP contribution in [0.25, 0.3) is 10.2 Å². The number of fused-ring (bicyclic) bond motifs is 1. The molecule has 6 heteroatoms. The van der Waals surface area contributed by atoms with Crippen molar-refractivity contribution in [2.24, 2.45) is 0 Å². The lowest BCUT2D eigenvalue weighted by Gasteiger charge is -2.05. The van der Waals surface area contributed by atoms with E-state index in [4.69, 9.17) is 0 Å². The van der Waals surface area contributed by atoms with Crippen LogP contribution in [-0.4, -0.2) is 30.2 Å². The number of rotatable bonds is 6. The van der Waals surface area contributed by atoms with Gasteiger partial charge < -0.3 is 10.6 Å². The summed E-state index contributed by atoms with van der Waals surface area (Å²) in [5.41, 5.74) is 1.77. The molecule has 1 amide bonds.